The molecule has 1 rings (SSSR count). The van der Waals surface area contributed by atoms with E-state index in [9.17, 15) is 0 Å². The summed E-state index contributed by atoms with van der Waals surface area (Å²) in [7, 11) is 0. The van der Waals surface area contributed by atoms with Gasteiger partial charge in [-0.15, -0.1) is 0 Å². The van der Waals surface area contributed by atoms with Crippen LogP contribution in [0.5, 0.6) is 5.75 Å². The molecule has 0 aliphatic heterocycles. The number of nitrogens with two attached hydrogens (primary N) is 1. The van der Waals surface area contributed by atoms with Crippen LogP contribution < -0.4 is 10.5 Å². The second-order valence-corrected chi connectivity index (χ2v) is 5.09. The molecule has 2 atom stereocenters. The average Bonchev–Trinajstić information content (AvgIpc) is 2.39. The monoisotopic (exact) mass is 249 g/mol. The van der Waals surface area contributed by atoms with Gasteiger partial charge < -0.3 is 10.5 Å². The highest BCUT2D eigenvalue weighted by Gasteiger charge is 2.07. The van der Waals surface area contributed by atoms with Crippen LogP contribution in [-0.4, -0.2) is 6.61 Å². The Morgan fingerprint density at radius 1 is 1.28 bits per heavy atom. The van der Waals surface area contributed by atoms with E-state index in [2.05, 4.69) is 19.9 Å². The molecule has 0 aliphatic carbocycles. The van der Waals surface area contributed by atoms with Crippen molar-refractivity contribution in [3.05, 3.63) is 29.8 Å². The first-order valence-electron chi connectivity index (χ1n) is 7.15. The summed E-state index contributed by atoms with van der Waals surface area (Å²) in [6.07, 6.45) is 5.01. The number of rotatable bonds is 8. The Balaban J connectivity index is 2.48. The minimum atomic E-state index is 0.0654. The fraction of sp³-hybridized carbons (Fsp3) is 0.625. The van der Waals surface area contributed by atoms with Gasteiger partial charge in [-0.2, -0.15) is 0 Å². The third-order valence-corrected chi connectivity index (χ3v) is 3.41. The molecule has 18 heavy (non-hydrogen) atoms. The number of unbranched alkanes of at least 4 members (excludes halogenated alkanes) is 1. The van der Waals surface area contributed by atoms with Gasteiger partial charge in [-0.05, 0) is 37.0 Å². The summed E-state index contributed by atoms with van der Waals surface area (Å²) in [6, 6.07) is 8.19. The van der Waals surface area contributed by atoms with Gasteiger partial charge in [-0.3, -0.25) is 0 Å². The normalized spacial score (nSPS) is 14.2. The van der Waals surface area contributed by atoms with Crippen molar-refractivity contribution in [3.63, 3.8) is 0 Å². The fourth-order valence-corrected chi connectivity index (χ4v) is 2.00. The summed E-state index contributed by atoms with van der Waals surface area (Å²) < 4.78 is 5.89. The molecule has 0 saturated heterocycles. The van der Waals surface area contributed by atoms with E-state index < -0.39 is 0 Å². The fourth-order valence-electron chi connectivity index (χ4n) is 2.00. The van der Waals surface area contributed by atoms with Crippen molar-refractivity contribution in [1.82, 2.24) is 0 Å². The Hall–Kier alpha value is -1.02. The maximum absolute atomic E-state index is 5.89. The molecule has 0 fully saturated rings. The second-order valence-electron chi connectivity index (χ2n) is 5.09. The third kappa shape index (κ3) is 5.09. The Bertz CT molecular complexity index is 336. The standard InChI is InChI=1S/C16H27NO/c1-4-6-8-14(5-2)12-18-16-10-7-9-15(11-16)13(3)17/h7,9-11,13-14H,4-6,8,12,17H2,1-3H3. The number of hydrogen-bond donors (Lipinski definition) is 1. The van der Waals surface area contributed by atoms with E-state index in [4.69, 9.17) is 10.5 Å². The van der Waals surface area contributed by atoms with Gasteiger partial charge in [0.25, 0.3) is 0 Å². The zero-order valence-corrected chi connectivity index (χ0v) is 12.0. The lowest BCUT2D eigenvalue weighted by Gasteiger charge is -2.16. The van der Waals surface area contributed by atoms with Crippen molar-refractivity contribution in [1.29, 1.82) is 0 Å². The summed E-state index contributed by atoms with van der Waals surface area (Å²) in [4.78, 5) is 0. The number of ether oxygens (including phenoxy) is 1. The largest absolute Gasteiger partial charge is 0.493 e. The smallest absolute Gasteiger partial charge is 0.119 e. The topological polar surface area (TPSA) is 35.2 Å². The van der Waals surface area contributed by atoms with Gasteiger partial charge in [0, 0.05) is 6.04 Å². The number of benzene rings is 1. The van der Waals surface area contributed by atoms with E-state index in [1.165, 1.54) is 25.7 Å². The van der Waals surface area contributed by atoms with Crippen LogP contribution in [-0.2, 0) is 0 Å². The maximum Gasteiger partial charge on any atom is 0.119 e. The predicted octanol–water partition coefficient (Wildman–Crippen LogP) is 4.30. The summed E-state index contributed by atoms with van der Waals surface area (Å²) in [5.74, 6) is 1.61. The minimum Gasteiger partial charge on any atom is -0.493 e. The summed E-state index contributed by atoms with van der Waals surface area (Å²) in [5, 5.41) is 0. The van der Waals surface area contributed by atoms with Crippen LogP contribution in [0.25, 0.3) is 0 Å². The molecule has 1 aromatic rings. The van der Waals surface area contributed by atoms with E-state index in [0.717, 1.165) is 17.9 Å². The summed E-state index contributed by atoms with van der Waals surface area (Å²) >= 11 is 0. The van der Waals surface area contributed by atoms with Crippen LogP contribution in [0.2, 0.25) is 0 Å². The molecule has 102 valence electrons. The molecule has 0 saturated carbocycles. The molecule has 0 aromatic heterocycles. The highest BCUT2D eigenvalue weighted by molar-refractivity contribution is 5.30. The summed E-state index contributed by atoms with van der Waals surface area (Å²) in [6.45, 7) is 7.29. The molecule has 0 aliphatic rings. The second kappa shape index (κ2) is 8.15. The predicted molar refractivity (Wildman–Crippen MR) is 77.8 cm³/mol. The first-order chi connectivity index (χ1) is 8.67. The maximum atomic E-state index is 5.89. The van der Waals surface area contributed by atoms with Crippen molar-refractivity contribution in [2.75, 3.05) is 6.61 Å². The molecule has 0 heterocycles. The molecule has 0 bridgehead atoms. The van der Waals surface area contributed by atoms with Crippen molar-refractivity contribution in [2.24, 2.45) is 11.7 Å². The molecule has 2 heteroatoms. The van der Waals surface area contributed by atoms with E-state index >= 15 is 0 Å². The van der Waals surface area contributed by atoms with Gasteiger partial charge >= 0.3 is 0 Å². The molecular formula is C16H27NO. The molecule has 2 nitrogen and oxygen atoms in total. The van der Waals surface area contributed by atoms with Crippen LogP contribution in [0.15, 0.2) is 24.3 Å². The van der Waals surface area contributed by atoms with E-state index in [1.807, 2.05) is 25.1 Å². The Morgan fingerprint density at radius 3 is 2.67 bits per heavy atom. The zero-order chi connectivity index (χ0) is 13.4. The van der Waals surface area contributed by atoms with Gasteiger partial charge in [0.05, 0.1) is 6.61 Å². The third-order valence-electron chi connectivity index (χ3n) is 3.41. The van der Waals surface area contributed by atoms with E-state index in [1.54, 1.807) is 0 Å². The molecule has 0 spiro atoms. The van der Waals surface area contributed by atoms with Crippen molar-refractivity contribution >= 4 is 0 Å². The highest BCUT2D eigenvalue weighted by Crippen LogP contribution is 2.20. The van der Waals surface area contributed by atoms with E-state index in [-0.39, 0.29) is 6.04 Å². The lowest BCUT2D eigenvalue weighted by molar-refractivity contribution is 0.233. The average molecular weight is 249 g/mol. The van der Waals surface area contributed by atoms with Gasteiger partial charge in [0.1, 0.15) is 5.75 Å². The zero-order valence-electron chi connectivity index (χ0n) is 12.0. The van der Waals surface area contributed by atoms with Gasteiger partial charge in [0.15, 0.2) is 0 Å². The van der Waals surface area contributed by atoms with Crippen LogP contribution in [0.1, 0.15) is 58.1 Å². The van der Waals surface area contributed by atoms with Gasteiger partial charge in [0.2, 0.25) is 0 Å². The molecule has 0 radical (unpaired) electrons. The minimum absolute atomic E-state index is 0.0654. The first kappa shape index (κ1) is 15.0. The molecule has 2 unspecified atom stereocenters. The lowest BCUT2D eigenvalue weighted by Crippen LogP contribution is -2.12. The van der Waals surface area contributed by atoms with Gasteiger partial charge in [-0.25, -0.2) is 0 Å². The van der Waals surface area contributed by atoms with Crippen LogP contribution in [0.3, 0.4) is 0 Å². The van der Waals surface area contributed by atoms with Gasteiger partial charge in [-0.1, -0.05) is 45.2 Å². The quantitative estimate of drug-likeness (QED) is 0.745. The number of hydrogen-bond acceptors (Lipinski definition) is 2. The van der Waals surface area contributed by atoms with E-state index in [0.29, 0.717) is 5.92 Å². The molecular weight excluding hydrogens is 222 g/mol. The van der Waals surface area contributed by atoms with Crippen molar-refractivity contribution < 1.29 is 4.74 Å². The SMILES string of the molecule is CCCCC(CC)COc1cccc(C(C)N)c1. The summed E-state index contributed by atoms with van der Waals surface area (Å²) in [5.41, 5.74) is 7.01. The van der Waals surface area contributed by atoms with Crippen LogP contribution in [0.4, 0.5) is 0 Å². The Morgan fingerprint density at radius 2 is 2.06 bits per heavy atom. The van der Waals surface area contributed by atoms with Crippen molar-refractivity contribution in [3.8, 4) is 5.75 Å². The molecule has 1 aromatic carbocycles. The van der Waals surface area contributed by atoms with Crippen LogP contribution in [0, 0.1) is 5.92 Å². The lowest BCUT2D eigenvalue weighted by atomic mass is 10.0. The van der Waals surface area contributed by atoms with Crippen LogP contribution >= 0.6 is 0 Å². The highest BCUT2D eigenvalue weighted by atomic mass is 16.5. The Labute approximate surface area is 112 Å². The molecule has 0 amide bonds. The Kier molecular flexibility index (Phi) is 6.81. The van der Waals surface area contributed by atoms with Crippen molar-refractivity contribution in [2.45, 2.75) is 52.5 Å². The first-order valence-corrected chi connectivity index (χ1v) is 7.15. The molecule has 2 N–H and O–H groups in total.